The molecule has 13 rings (SSSR count). The van der Waals surface area contributed by atoms with Crippen molar-refractivity contribution in [1.82, 2.24) is 4.57 Å². The van der Waals surface area contributed by atoms with Gasteiger partial charge in [0.1, 0.15) is 23.0 Å². The molecule has 0 radical (unpaired) electrons. The van der Waals surface area contributed by atoms with Crippen LogP contribution in [0.1, 0.15) is 25.0 Å². The normalized spacial score (nSPS) is 13.9. The van der Waals surface area contributed by atoms with Crippen LogP contribution < -0.4 is 30.8 Å². The Kier molecular flexibility index (Phi) is 6.84. The minimum Gasteiger partial charge on any atom is -0.458 e. The van der Waals surface area contributed by atoms with Crippen LogP contribution in [0.2, 0.25) is 0 Å². The number of rotatable bonds is 4. The van der Waals surface area contributed by atoms with Crippen LogP contribution in [-0.2, 0) is 5.41 Å². The zero-order valence-electron chi connectivity index (χ0n) is 33.2. The second-order valence-electron chi connectivity index (χ2n) is 16.8. The summed E-state index contributed by atoms with van der Waals surface area (Å²) in [6.45, 7) is 4.57. The third kappa shape index (κ3) is 4.52. The predicted octanol–water partition coefficient (Wildman–Crippen LogP) is 12.4. The Morgan fingerprint density at radius 1 is 0.500 bits per heavy atom. The number of aromatic nitrogens is 1. The van der Waals surface area contributed by atoms with E-state index in [9.17, 15) is 0 Å². The highest BCUT2D eigenvalue weighted by Gasteiger charge is 2.48. The Morgan fingerprint density at radius 2 is 1.17 bits per heavy atom. The van der Waals surface area contributed by atoms with E-state index in [4.69, 9.17) is 9.47 Å². The summed E-state index contributed by atoms with van der Waals surface area (Å²) in [5.74, 6) is 3.54. The maximum atomic E-state index is 7.44. The maximum Gasteiger partial charge on any atom is 0.261 e. The summed E-state index contributed by atoms with van der Waals surface area (Å²) in [4.78, 5) is 2.35. The van der Waals surface area contributed by atoms with Gasteiger partial charge in [-0.15, -0.1) is 0 Å². The Bertz CT molecular complexity index is 3370. The van der Waals surface area contributed by atoms with Crippen LogP contribution in [0.25, 0.3) is 49.4 Å². The average Bonchev–Trinajstić information content (AvgIpc) is 3.75. The first kappa shape index (κ1) is 33.5. The van der Waals surface area contributed by atoms with Gasteiger partial charge in [-0.05, 0) is 105 Å². The molecule has 60 heavy (non-hydrogen) atoms. The van der Waals surface area contributed by atoms with Crippen molar-refractivity contribution in [3.63, 3.8) is 0 Å². The Morgan fingerprint density at radius 3 is 1.93 bits per heavy atom. The summed E-state index contributed by atoms with van der Waals surface area (Å²) in [6, 6.07) is 67.7. The molecule has 0 fully saturated rings. The highest BCUT2D eigenvalue weighted by Crippen LogP contribution is 2.57. The summed E-state index contributed by atoms with van der Waals surface area (Å²) in [6.07, 6.45) is 0. The standard InChI is InChI=1S/C55H37BN2O2/c1-55(2)43-32-38(57(35-17-6-3-7-18-35)36-19-8-4-9-20-36)27-28-42(43)49-44(55)33-48-51-54(49)59-47-31-26-34-16-12-13-23-39(34)50(47)56(51)45-30-29-41-40-24-14-15-25-46(40)58(52(41)53(45)60-48)37-21-10-5-11-22-37/h3-33H,1-2H3. The van der Waals surface area contributed by atoms with Crippen molar-refractivity contribution in [2.75, 3.05) is 4.90 Å². The van der Waals surface area contributed by atoms with Gasteiger partial charge in [0, 0.05) is 50.0 Å². The quantitative estimate of drug-likeness (QED) is 0.167. The molecule has 282 valence electrons. The Hall–Kier alpha value is -7.50. The summed E-state index contributed by atoms with van der Waals surface area (Å²) in [5, 5.41) is 4.76. The predicted molar refractivity (Wildman–Crippen MR) is 248 cm³/mol. The van der Waals surface area contributed by atoms with Crippen molar-refractivity contribution < 1.29 is 9.47 Å². The third-order valence-electron chi connectivity index (χ3n) is 13.3. The lowest BCUT2D eigenvalue weighted by molar-refractivity contribution is 0.465. The van der Waals surface area contributed by atoms with E-state index in [1.54, 1.807) is 0 Å². The zero-order valence-corrected chi connectivity index (χ0v) is 33.2. The second-order valence-corrected chi connectivity index (χ2v) is 16.8. The van der Waals surface area contributed by atoms with Gasteiger partial charge >= 0.3 is 0 Å². The first-order valence-corrected chi connectivity index (χ1v) is 20.8. The van der Waals surface area contributed by atoms with Crippen LogP contribution in [0, 0.1) is 0 Å². The summed E-state index contributed by atoms with van der Waals surface area (Å²) >= 11 is 0. The van der Waals surface area contributed by atoms with E-state index in [2.05, 4.69) is 211 Å². The molecule has 0 saturated heterocycles. The molecule has 0 atom stereocenters. The van der Waals surface area contributed by atoms with Gasteiger partial charge in [-0.1, -0.05) is 135 Å². The molecule has 9 aromatic carbocycles. The first-order valence-electron chi connectivity index (χ1n) is 20.8. The molecule has 4 nitrogen and oxygen atoms in total. The van der Waals surface area contributed by atoms with Gasteiger partial charge in [0.2, 0.25) is 0 Å². The lowest BCUT2D eigenvalue weighted by Crippen LogP contribution is -2.58. The van der Waals surface area contributed by atoms with Crippen LogP contribution in [0.4, 0.5) is 17.1 Å². The first-order chi connectivity index (χ1) is 29.5. The Balaban J connectivity index is 1.08. The van der Waals surface area contributed by atoms with E-state index in [0.29, 0.717) is 0 Å². The van der Waals surface area contributed by atoms with E-state index >= 15 is 0 Å². The molecule has 0 spiro atoms. The molecule has 0 saturated carbocycles. The van der Waals surface area contributed by atoms with E-state index in [1.807, 2.05) is 0 Å². The highest BCUT2D eigenvalue weighted by atomic mass is 16.5. The molecule has 0 bridgehead atoms. The number of ether oxygens (including phenoxy) is 2. The lowest BCUT2D eigenvalue weighted by Gasteiger charge is -2.36. The van der Waals surface area contributed by atoms with Gasteiger partial charge in [0.25, 0.3) is 6.71 Å². The molecule has 3 heterocycles. The van der Waals surface area contributed by atoms with Gasteiger partial charge in [0.15, 0.2) is 0 Å². The van der Waals surface area contributed by atoms with E-state index in [1.165, 1.54) is 43.7 Å². The van der Waals surface area contributed by atoms with Crippen molar-refractivity contribution >= 4 is 72.7 Å². The van der Waals surface area contributed by atoms with Crippen LogP contribution in [0.15, 0.2) is 188 Å². The SMILES string of the molecule is CC1(C)c2cc(N(c3ccccc3)c3ccccc3)ccc2-c2c1cc1c3c2Oc2ccc4ccccc4c2B3c2ccc3c4ccccc4n(-c4ccccc4)c3c2O1. The minimum absolute atomic E-state index is 0.122. The largest absolute Gasteiger partial charge is 0.458 e. The monoisotopic (exact) mass is 768 g/mol. The molecule has 2 aliphatic heterocycles. The van der Waals surface area contributed by atoms with Crippen LogP contribution in [0.5, 0.6) is 23.0 Å². The molecule has 10 aromatic rings. The van der Waals surface area contributed by atoms with Crippen molar-refractivity contribution in [3.05, 3.63) is 199 Å². The van der Waals surface area contributed by atoms with Crippen molar-refractivity contribution in [1.29, 1.82) is 0 Å². The van der Waals surface area contributed by atoms with Gasteiger partial charge in [-0.2, -0.15) is 0 Å². The fourth-order valence-electron chi connectivity index (χ4n) is 10.6. The summed E-state index contributed by atoms with van der Waals surface area (Å²) in [5.41, 5.74) is 14.6. The van der Waals surface area contributed by atoms with Gasteiger partial charge in [0.05, 0.1) is 11.0 Å². The van der Waals surface area contributed by atoms with E-state index in [-0.39, 0.29) is 12.1 Å². The van der Waals surface area contributed by atoms with E-state index in [0.717, 1.165) is 73.3 Å². The van der Waals surface area contributed by atoms with Gasteiger partial charge < -0.3 is 18.9 Å². The zero-order chi connectivity index (χ0) is 39.7. The molecule has 0 amide bonds. The molecule has 1 aromatic heterocycles. The number of hydrogen-bond donors (Lipinski definition) is 0. The minimum atomic E-state index is -0.359. The molecule has 3 aliphatic rings. The topological polar surface area (TPSA) is 26.6 Å². The summed E-state index contributed by atoms with van der Waals surface area (Å²) < 4.78 is 17.1. The van der Waals surface area contributed by atoms with Crippen molar-refractivity contribution in [3.8, 4) is 39.8 Å². The second kappa shape index (κ2) is 12.3. The number of hydrogen-bond acceptors (Lipinski definition) is 3. The smallest absolute Gasteiger partial charge is 0.261 e. The summed E-state index contributed by atoms with van der Waals surface area (Å²) in [7, 11) is 0. The highest BCUT2D eigenvalue weighted by molar-refractivity contribution is 6.99. The number of anilines is 3. The average molecular weight is 769 g/mol. The maximum absolute atomic E-state index is 7.44. The molecular formula is C55H37BN2O2. The van der Waals surface area contributed by atoms with Crippen LogP contribution in [0.3, 0.4) is 0 Å². The molecule has 0 N–H and O–H groups in total. The molecule has 1 aliphatic carbocycles. The number of para-hydroxylation sites is 4. The number of benzene rings is 9. The lowest BCUT2D eigenvalue weighted by atomic mass is 9.34. The van der Waals surface area contributed by atoms with Crippen LogP contribution >= 0.6 is 0 Å². The Labute approximate surface area is 348 Å². The van der Waals surface area contributed by atoms with Crippen molar-refractivity contribution in [2.45, 2.75) is 19.3 Å². The fraction of sp³-hybridized carbons (Fsp3) is 0.0545. The van der Waals surface area contributed by atoms with Gasteiger partial charge in [-0.3, -0.25) is 0 Å². The molecule has 0 unspecified atom stereocenters. The van der Waals surface area contributed by atoms with E-state index < -0.39 is 0 Å². The molecule has 5 heteroatoms. The fourth-order valence-corrected chi connectivity index (χ4v) is 10.6. The van der Waals surface area contributed by atoms with Crippen molar-refractivity contribution in [2.24, 2.45) is 0 Å². The number of nitrogens with zero attached hydrogens (tertiary/aromatic N) is 2. The van der Waals surface area contributed by atoms with Crippen LogP contribution in [-0.4, -0.2) is 11.3 Å². The third-order valence-corrected chi connectivity index (χ3v) is 13.3. The van der Waals surface area contributed by atoms with Gasteiger partial charge in [-0.25, -0.2) is 0 Å². The number of fused-ring (bicyclic) bond motifs is 14. The molecular weight excluding hydrogens is 731 g/mol.